The molecule has 0 unspecified atom stereocenters. The number of alkyl halides is 3. The van der Waals surface area contributed by atoms with Gasteiger partial charge in [-0.05, 0) is 32.6 Å². The summed E-state index contributed by atoms with van der Waals surface area (Å²) in [5.74, 6) is -0.956. The molecule has 0 aliphatic heterocycles. The first-order valence-corrected chi connectivity index (χ1v) is 4.58. The zero-order valence-electron chi connectivity index (χ0n) is 7.90. The average Bonchev–Trinajstić information content (AvgIpc) is 1.79. The van der Waals surface area contributed by atoms with Crippen LogP contribution in [-0.4, -0.2) is 18.9 Å². The van der Waals surface area contributed by atoms with E-state index in [4.69, 9.17) is 4.74 Å². The van der Waals surface area contributed by atoms with Crippen LogP contribution in [0.5, 0.6) is 0 Å². The first kappa shape index (κ1) is 10.8. The van der Waals surface area contributed by atoms with Crippen molar-refractivity contribution in [2.45, 2.75) is 39.0 Å². The minimum atomic E-state index is -3.99. The zero-order valence-corrected chi connectivity index (χ0v) is 7.90. The summed E-state index contributed by atoms with van der Waals surface area (Å²) in [6.45, 7) is 4.25. The first-order valence-electron chi connectivity index (χ1n) is 4.58. The van der Waals surface area contributed by atoms with Crippen LogP contribution in [0.1, 0.15) is 26.7 Å². The van der Waals surface area contributed by atoms with Crippen LogP contribution >= 0.6 is 0 Å². The van der Waals surface area contributed by atoms with Gasteiger partial charge in [-0.3, -0.25) is 0 Å². The van der Waals surface area contributed by atoms with E-state index in [9.17, 15) is 13.2 Å². The van der Waals surface area contributed by atoms with Crippen molar-refractivity contribution >= 4 is 0 Å². The highest BCUT2D eigenvalue weighted by Crippen LogP contribution is 2.44. The predicted molar refractivity (Wildman–Crippen MR) is 43.4 cm³/mol. The molecule has 0 bridgehead atoms. The lowest BCUT2D eigenvalue weighted by Gasteiger charge is -2.36. The minimum absolute atomic E-state index is 0.116. The second-order valence-corrected chi connectivity index (χ2v) is 3.96. The van der Waals surface area contributed by atoms with Gasteiger partial charge >= 0.3 is 6.18 Å². The molecule has 0 aromatic carbocycles. The Kier molecular flexibility index (Phi) is 3.22. The lowest BCUT2D eigenvalue weighted by molar-refractivity contribution is -0.209. The Bertz CT molecular complexity index is 159. The van der Waals surface area contributed by atoms with E-state index in [1.165, 1.54) is 0 Å². The van der Waals surface area contributed by atoms with Crippen LogP contribution in [0.4, 0.5) is 13.2 Å². The molecule has 0 aromatic heterocycles. The molecule has 0 atom stereocenters. The molecule has 0 heterocycles. The molecule has 1 saturated carbocycles. The van der Waals surface area contributed by atoms with Gasteiger partial charge in [0.1, 0.15) is 0 Å². The van der Waals surface area contributed by atoms with Crippen molar-refractivity contribution in [2.75, 3.05) is 6.61 Å². The number of halogens is 3. The van der Waals surface area contributed by atoms with E-state index >= 15 is 0 Å². The molecule has 1 aliphatic carbocycles. The molecule has 0 N–H and O–H groups in total. The molecular weight excluding hydrogens is 181 g/mol. The van der Waals surface area contributed by atoms with E-state index in [2.05, 4.69) is 0 Å². The Balaban J connectivity index is 2.12. The average molecular weight is 196 g/mol. The molecule has 0 radical (unpaired) electrons. The molecular formula is C9H15F3O. The molecule has 1 rings (SSSR count). The number of hydrogen-bond acceptors (Lipinski definition) is 1. The maximum atomic E-state index is 12.0. The SMILES string of the molecule is CC(C)OCC1CC(C(F)(F)F)C1. The van der Waals surface area contributed by atoms with Gasteiger partial charge in [-0.2, -0.15) is 13.2 Å². The lowest BCUT2D eigenvalue weighted by Crippen LogP contribution is -2.38. The van der Waals surface area contributed by atoms with Crippen molar-refractivity contribution in [1.29, 1.82) is 0 Å². The minimum Gasteiger partial charge on any atom is -0.379 e. The van der Waals surface area contributed by atoms with Crippen LogP contribution in [0.2, 0.25) is 0 Å². The Morgan fingerprint density at radius 2 is 1.85 bits per heavy atom. The van der Waals surface area contributed by atoms with E-state index in [0.29, 0.717) is 6.61 Å². The standard InChI is InChI=1S/C9H15F3O/c1-6(2)13-5-7-3-8(4-7)9(10,11)12/h6-8H,3-5H2,1-2H3. The Labute approximate surface area is 76.3 Å². The summed E-state index contributed by atoms with van der Waals surface area (Å²) in [7, 11) is 0. The quantitative estimate of drug-likeness (QED) is 0.674. The Morgan fingerprint density at radius 3 is 2.23 bits per heavy atom. The van der Waals surface area contributed by atoms with Crippen LogP contribution < -0.4 is 0 Å². The third-order valence-corrected chi connectivity index (χ3v) is 2.36. The van der Waals surface area contributed by atoms with Gasteiger partial charge in [0.25, 0.3) is 0 Å². The zero-order chi connectivity index (χ0) is 10.1. The highest BCUT2D eigenvalue weighted by Gasteiger charge is 2.47. The van der Waals surface area contributed by atoms with Crippen LogP contribution in [0, 0.1) is 11.8 Å². The molecule has 0 saturated heterocycles. The van der Waals surface area contributed by atoms with Gasteiger partial charge in [-0.1, -0.05) is 0 Å². The third kappa shape index (κ3) is 3.18. The van der Waals surface area contributed by atoms with Gasteiger partial charge in [0.2, 0.25) is 0 Å². The Hall–Kier alpha value is -0.250. The van der Waals surface area contributed by atoms with Crippen molar-refractivity contribution in [1.82, 2.24) is 0 Å². The summed E-state index contributed by atoms with van der Waals surface area (Å²) < 4.78 is 41.3. The fourth-order valence-electron chi connectivity index (χ4n) is 1.47. The molecule has 0 aromatic rings. The van der Waals surface area contributed by atoms with Gasteiger partial charge in [-0.15, -0.1) is 0 Å². The molecule has 1 nitrogen and oxygen atoms in total. The van der Waals surface area contributed by atoms with Gasteiger partial charge in [0.05, 0.1) is 12.0 Å². The number of ether oxygens (including phenoxy) is 1. The van der Waals surface area contributed by atoms with Crippen LogP contribution in [0.15, 0.2) is 0 Å². The summed E-state index contributed by atoms with van der Waals surface area (Å²) >= 11 is 0. The van der Waals surface area contributed by atoms with E-state index in [0.717, 1.165) is 0 Å². The van der Waals surface area contributed by atoms with Crippen molar-refractivity contribution in [3.05, 3.63) is 0 Å². The predicted octanol–water partition coefficient (Wildman–Crippen LogP) is 3.00. The second-order valence-electron chi connectivity index (χ2n) is 3.96. The fourth-order valence-corrected chi connectivity index (χ4v) is 1.47. The fraction of sp³-hybridized carbons (Fsp3) is 1.00. The molecule has 1 aliphatic rings. The topological polar surface area (TPSA) is 9.23 Å². The van der Waals surface area contributed by atoms with Crippen molar-refractivity contribution in [2.24, 2.45) is 11.8 Å². The summed E-state index contributed by atoms with van der Waals surface area (Å²) in [5, 5.41) is 0. The maximum absolute atomic E-state index is 12.0. The molecule has 78 valence electrons. The van der Waals surface area contributed by atoms with Crippen molar-refractivity contribution in [3.8, 4) is 0 Å². The molecule has 13 heavy (non-hydrogen) atoms. The monoisotopic (exact) mass is 196 g/mol. The van der Waals surface area contributed by atoms with E-state index in [-0.39, 0.29) is 24.9 Å². The maximum Gasteiger partial charge on any atom is 0.391 e. The highest BCUT2D eigenvalue weighted by molar-refractivity contribution is 4.84. The van der Waals surface area contributed by atoms with Crippen LogP contribution in [-0.2, 0) is 4.74 Å². The van der Waals surface area contributed by atoms with Gasteiger partial charge in [-0.25, -0.2) is 0 Å². The van der Waals surface area contributed by atoms with E-state index < -0.39 is 12.1 Å². The van der Waals surface area contributed by atoms with Gasteiger partial charge in [0.15, 0.2) is 0 Å². The number of hydrogen-bond donors (Lipinski definition) is 0. The molecule has 0 spiro atoms. The molecule has 4 heteroatoms. The summed E-state index contributed by atoms with van der Waals surface area (Å²) in [6.07, 6.45) is -3.38. The van der Waals surface area contributed by atoms with Crippen LogP contribution in [0.3, 0.4) is 0 Å². The van der Waals surface area contributed by atoms with Gasteiger partial charge < -0.3 is 4.74 Å². The summed E-state index contributed by atoms with van der Waals surface area (Å²) in [6, 6.07) is 0. The Morgan fingerprint density at radius 1 is 1.31 bits per heavy atom. The smallest absolute Gasteiger partial charge is 0.379 e. The summed E-state index contributed by atoms with van der Waals surface area (Å²) in [4.78, 5) is 0. The second kappa shape index (κ2) is 3.86. The summed E-state index contributed by atoms with van der Waals surface area (Å²) in [5.41, 5.74) is 0. The van der Waals surface area contributed by atoms with Crippen molar-refractivity contribution < 1.29 is 17.9 Å². The third-order valence-electron chi connectivity index (χ3n) is 2.36. The molecule has 0 amide bonds. The first-order chi connectivity index (χ1) is 5.89. The van der Waals surface area contributed by atoms with E-state index in [1.54, 1.807) is 0 Å². The lowest BCUT2D eigenvalue weighted by atomic mass is 9.75. The largest absolute Gasteiger partial charge is 0.391 e. The normalized spacial score (nSPS) is 29.1. The number of rotatable bonds is 3. The van der Waals surface area contributed by atoms with E-state index in [1.807, 2.05) is 13.8 Å². The van der Waals surface area contributed by atoms with Crippen LogP contribution in [0.25, 0.3) is 0 Å². The molecule has 1 fully saturated rings. The van der Waals surface area contributed by atoms with Gasteiger partial charge in [0, 0.05) is 6.61 Å². The van der Waals surface area contributed by atoms with Crippen molar-refractivity contribution in [3.63, 3.8) is 0 Å². The highest BCUT2D eigenvalue weighted by atomic mass is 19.4.